The average Bonchev–Trinajstić information content (AvgIpc) is 2.20. The van der Waals surface area contributed by atoms with E-state index in [2.05, 4.69) is 9.98 Å². The average molecular weight is 276 g/mol. The van der Waals surface area contributed by atoms with Gasteiger partial charge in [0.05, 0.1) is 12.1 Å². The Bertz CT molecular complexity index is 483. The lowest BCUT2D eigenvalue weighted by Gasteiger charge is -2.07. The third-order valence-electron chi connectivity index (χ3n) is 1.68. The molecule has 0 amide bonds. The van der Waals surface area contributed by atoms with Crippen molar-refractivity contribution in [2.45, 2.75) is 0 Å². The predicted molar refractivity (Wildman–Crippen MR) is 70.1 cm³/mol. The van der Waals surface area contributed by atoms with E-state index in [1.54, 1.807) is 6.07 Å². The highest BCUT2D eigenvalue weighted by Crippen LogP contribution is 2.37. The lowest BCUT2D eigenvalue weighted by molar-refractivity contribution is 0.416. The van der Waals surface area contributed by atoms with Gasteiger partial charge >= 0.3 is 0 Å². The third kappa shape index (κ3) is 3.69. The summed E-state index contributed by atoms with van der Waals surface area (Å²) in [4.78, 5) is 7.51. The van der Waals surface area contributed by atoms with Crippen LogP contribution in [0.1, 0.15) is 0 Å². The van der Waals surface area contributed by atoms with Crippen molar-refractivity contribution in [3.05, 3.63) is 22.2 Å². The summed E-state index contributed by atoms with van der Waals surface area (Å²) in [5.74, 6) is 0.0408. The molecule has 0 saturated carbocycles. The van der Waals surface area contributed by atoms with Gasteiger partial charge in [0.1, 0.15) is 11.4 Å². The Balaban J connectivity index is 3.27. The molecule has 92 valence electrons. The van der Waals surface area contributed by atoms with Crippen molar-refractivity contribution in [2.24, 2.45) is 27.2 Å². The molecule has 1 aromatic rings. The molecule has 6 nitrogen and oxygen atoms in total. The molecule has 1 rings (SSSR count). The number of hydrogen-bond donors (Lipinski definition) is 3. The molecule has 0 bridgehead atoms. The molecule has 0 aliphatic carbocycles. The van der Waals surface area contributed by atoms with Crippen LogP contribution in [0.25, 0.3) is 0 Å². The second-order valence-corrected chi connectivity index (χ2v) is 3.79. The molecule has 0 heterocycles. The fraction of sp³-hybridized carbons (Fsp3) is 0.111. The number of hydrogen-bond acceptors (Lipinski definition) is 2. The molecule has 0 aromatic heterocycles. The van der Waals surface area contributed by atoms with E-state index in [0.29, 0.717) is 16.5 Å². The zero-order valence-electron chi connectivity index (χ0n) is 8.95. The Morgan fingerprint density at radius 3 is 2.41 bits per heavy atom. The summed E-state index contributed by atoms with van der Waals surface area (Å²) in [6.07, 6.45) is 0. The largest absolute Gasteiger partial charge is 0.494 e. The van der Waals surface area contributed by atoms with E-state index in [1.165, 1.54) is 13.2 Å². The summed E-state index contributed by atoms with van der Waals surface area (Å²) in [5.41, 5.74) is 16.1. The summed E-state index contributed by atoms with van der Waals surface area (Å²) in [6, 6.07) is 3.06. The van der Waals surface area contributed by atoms with Crippen LogP contribution < -0.4 is 21.9 Å². The van der Waals surface area contributed by atoms with Crippen LogP contribution in [0.3, 0.4) is 0 Å². The third-order valence-corrected chi connectivity index (χ3v) is 2.19. The van der Waals surface area contributed by atoms with Crippen molar-refractivity contribution in [1.82, 2.24) is 0 Å². The molecule has 0 unspecified atom stereocenters. The van der Waals surface area contributed by atoms with E-state index < -0.39 is 0 Å². The molecule has 8 heteroatoms. The highest BCUT2D eigenvalue weighted by molar-refractivity contribution is 6.36. The standard InChI is InChI=1S/C9H11Cl2N5O/c1-17-6-3-4(10)2-5(11)7(6)15-9(14)16-8(12)13/h2-3H,1H3,(H6,12,13,14,15,16). The van der Waals surface area contributed by atoms with Gasteiger partial charge in [-0.25, -0.2) is 4.99 Å². The zero-order valence-corrected chi connectivity index (χ0v) is 10.5. The minimum Gasteiger partial charge on any atom is -0.494 e. The first-order valence-electron chi connectivity index (χ1n) is 4.41. The summed E-state index contributed by atoms with van der Waals surface area (Å²) < 4.78 is 5.07. The first-order chi connectivity index (χ1) is 7.93. The number of rotatable bonds is 2. The fourth-order valence-corrected chi connectivity index (χ4v) is 1.60. The predicted octanol–water partition coefficient (Wildman–Crippen LogP) is 1.22. The number of guanidine groups is 2. The van der Waals surface area contributed by atoms with E-state index in [9.17, 15) is 0 Å². The number of benzene rings is 1. The van der Waals surface area contributed by atoms with Crippen molar-refractivity contribution >= 4 is 40.8 Å². The van der Waals surface area contributed by atoms with Gasteiger partial charge in [-0.2, -0.15) is 4.99 Å². The first kappa shape index (κ1) is 13.4. The van der Waals surface area contributed by atoms with E-state index >= 15 is 0 Å². The summed E-state index contributed by atoms with van der Waals surface area (Å²) in [5, 5.41) is 0.703. The summed E-state index contributed by atoms with van der Waals surface area (Å²) in [6.45, 7) is 0. The number of nitrogens with two attached hydrogens (primary N) is 3. The van der Waals surface area contributed by atoms with Crippen molar-refractivity contribution in [2.75, 3.05) is 7.11 Å². The highest BCUT2D eigenvalue weighted by Gasteiger charge is 2.09. The number of halogens is 2. The minimum atomic E-state index is -0.199. The van der Waals surface area contributed by atoms with E-state index in [1.807, 2.05) is 0 Å². The zero-order chi connectivity index (χ0) is 13.0. The molecular weight excluding hydrogens is 265 g/mol. The van der Waals surface area contributed by atoms with Crippen molar-refractivity contribution in [3.8, 4) is 5.75 Å². The number of methoxy groups -OCH3 is 1. The van der Waals surface area contributed by atoms with Crippen LogP contribution in [0.15, 0.2) is 22.1 Å². The van der Waals surface area contributed by atoms with Crippen molar-refractivity contribution < 1.29 is 4.74 Å². The molecule has 0 fully saturated rings. The fourth-order valence-electron chi connectivity index (χ4n) is 1.08. The topological polar surface area (TPSA) is 112 Å². The first-order valence-corrected chi connectivity index (χ1v) is 5.16. The van der Waals surface area contributed by atoms with Gasteiger partial charge in [0.25, 0.3) is 0 Å². The van der Waals surface area contributed by atoms with Gasteiger partial charge in [-0.05, 0) is 6.07 Å². The minimum absolute atomic E-state index is 0.132. The number of ether oxygens (including phenoxy) is 1. The van der Waals surface area contributed by atoms with Crippen LogP contribution in [0.2, 0.25) is 10.0 Å². The Morgan fingerprint density at radius 1 is 1.24 bits per heavy atom. The van der Waals surface area contributed by atoms with Gasteiger partial charge in [-0.15, -0.1) is 0 Å². The Labute approximate surface area is 108 Å². The van der Waals surface area contributed by atoms with Gasteiger partial charge in [0.15, 0.2) is 5.96 Å². The number of nitrogens with zero attached hydrogens (tertiary/aromatic N) is 2. The van der Waals surface area contributed by atoms with Gasteiger partial charge in [-0.1, -0.05) is 23.2 Å². The maximum atomic E-state index is 5.96. The molecular formula is C9H11Cl2N5O. The SMILES string of the molecule is COc1cc(Cl)cc(Cl)c1N=C(N)N=C(N)N. The number of aliphatic imine (C=N–C) groups is 2. The van der Waals surface area contributed by atoms with Gasteiger partial charge in [0.2, 0.25) is 5.96 Å². The Hall–Kier alpha value is -1.66. The normalized spacial score (nSPS) is 11.1. The Kier molecular flexibility index (Phi) is 4.42. The van der Waals surface area contributed by atoms with Crippen LogP contribution in [0, 0.1) is 0 Å². The lowest BCUT2D eigenvalue weighted by Crippen LogP contribution is -2.26. The van der Waals surface area contributed by atoms with Crippen molar-refractivity contribution in [1.29, 1.82) is 0 Å². The quantitative estimate of drug-likeness (QED) is 0.556. The second kappa shape index (κ2) is 5.60. The molecule has 1 aromatic carbocycles. The van der Waals surface area contributed by atoms with Gasteiger partial charge in [0, 0.05) is 11.1 Å². The van der Waals surface area contributed by atoms with Gasteiger partial charge in [-0.3, -0.25) is 0 Å². The monoisotopic (exact) mass is 275 g/mol. The maximum Gasteiger partial charge on any atom is 0.223 e. The summed E-state index contributed by atoms with van der Waals surface area (Å²) >= 11 is 11.8. The highest BCUT2D eigenvalue weighted by atomic mass is 35.5. The molecule has 17 heavy (non-hydrogen) atoms. The van der Waals surface area contributed by atoms with E-state index in [0.717, 1.165) is 0 Å². The van der Waals surface area contributed by atoms with Crippen LogP contribution in [0.5, 0.6) is 5.75 Å². The summed E-state index contributed by atoms with van der Waals surface area (Å²) in [7, 11) is 1.46. The molecule has 0 spiro atoms. The van der Waals surface area contributed by atoms with Crippen LogP contribution in [-0.4, -0.2) is 19.0 Å². The van der Waals surface area contributed by atoms with Crippen LogP contribution in [0.4, 0.5) is 5.69 Å². The Morgan fingerprint density at radius 2 is 1.88 bits per heavy atom. The smallest absolute Gasteiger partial charge is 0.223 e. The van der Waals surface area contributed by atoms with E-state index in [-0.39, 0.29) is 16.9 Å². The lowest BCUT2D eigenvalue weighted by atomic mass is 10.3. The van der Waals surface area contributed by atoms with Gasteiger partial charge < -0.3 is 21.9 Å². The molecule has 0 radical (unpaired) electrons. The van der Waals surface area contributed by atoms with Crippen LogP contribution >= 0.6 is 23.2 Å². The van der Waals surface area contributed by atoms with Crippen molar-refractivity contribution in [3.63, 3.8) is 0 Å². The van der Waals surface area contributed by atoms with Crippen LogP contribution in [-0.2, 0) is 0 Å². The molecule has 6 N–H and O–H groups in total. The maximum absolute atomic E-state index is 5.96. The van der Waals surface area contributed by atoms with E-state index in [4.69, 9.17) is 45.1 Å². The second-order valence-electron chi connectivity index (χ2n) is 2.95. The molecule has 0 saturated heterocycles. The molecule has 0 aliphatic rings. The molecule has 0 atom stereocenters. The molecule has 0 aliphatic heterocycles.